The minimum absolute atomic E-state index is 0.667. The molecule has 0 aromatic heterocycles. The Labute approximate surface area is 92.3 Å². The van der Waals surface area contributed by atoms with Gasteiger partial charge in [-0.2, -0.15) is 0 Å². The molecule has 0 spiro atoms. The summed E-state index contributed by atoms with van der Waals surface area (Å²) in [5.74, 6) is 0. The Kier molecular flexibility index (Phi) is 7.05. The molecule has 0 radical (unpaired) electrons. The lowest BCUT2D eigenvalue weighted by Crippen LogP contribution is -2.30. The molecule has 15 heavy (non-hydrogen) atoms. The molecule has 0 bridgehead atoms. The van der Waals surface area contributed by atoms with Gasteiger partial charge in [0.1, 0.15) is 0 Å². The molecule has 1 aliphatic rings. The van der Waals surface area contributed by atoms with Crippen molar-refractivity contribution in [2.24, 2.45) is 5.11 Å². The van der Waals surface area contributed by atoms with Crippen molar-refractivity contribution in [3.8, 4) is 0 Å². The Hall–Kier alpha value is -0.730. The van der Waals surface area contributed by atoms with E-state index in [1.165, 1.54) is 58.2 Å². The van der Waals surface area contributed by atoms with Gasteiger partial charge in [0, 0.05) is 11.5 Å². The molecule has 1 heterocycles. The van der Waals surface area contributed by atoms with Crippen molar-refractivity contribution >= 4 is 0 Å². The molecule has 0 N–H and O–H groups in total. The Bertz CT molecular complexity index is 193. The quantitative estimate of drug-likeness (QED) is 0.275. The number of likely N-dealkylation sites (tertiary alicyclic amines) is 1. The molecular weight excluding hydrogens is 188 g/mol. The third-order valence-electron chi connectivity index (χ3n) is 2.99. The summed E-state index contributed by atoms with van der Waals surface area (Å²) in [5, 5.41) is 3.53. The first kappa shape index (κ1) is 12.3. The van der Waals surface area contributed by atoms with Crippen LogP contribution in [-0.4, -0.2) is 31.1 Å². The number of hydrogen-bond donors (Lipinski definition) is 0. The summed E-state index contributed by atoms with van der Waals surface area (Å²) in [6.45, 7) is 4.54. The summed E-state index contributed by atoms with van der Waals surface area (Å²) in [5.41, 5.74) is 8.09. The zero-order valence-electron chi connectivity index (χ0n) is 9.57. The number of piperidine rings is 1. The Morgan fingerprint density at radius 2 is 1.73 bits per heavy atom. The highest BCUT2D eigenvalue weighted by Gasteiger charge is 2.08. The zero-order chi connectivity index (χ0) is 10.8. The second-order valence-electron chi connectivity index (χ2n) is 4.27. The maximum atomic E-state index is 8.09. The molecule has 0 aliphatic carbocycles. The van der Waals surface area contributed by atoms with Gasteiger partial charge in [0.2, 0.25) is 0 Å². The SMILES string of the molecule is [N-]=[N+]=NCCCCCCN1CCCCC1. The van der Waals surface area contributed by atoms with Crippen molar-refractivity contribution in [1.82, 2.24) is 4.90 Å². The summed E-state index contributed by atoms with van der Waals surface area (Å²) in [4.78, 5) is 5.32. The van der Waals surface area contributed by atoms with Crippen molar-refractivity contribution in [3.63, 3.8) is 0 Å². The van der Waals surface area contributed by atoms with Crippen molar-refractivity contribution < 1.29 is 0 Å². The second-order valence-corrected chi connectivity index (χ2v) is 4.27. The van der Waals surface area contributed by atoms with E-state index in [2.05, 4.69) is 14.9 Å². The molecule has 1 rings (SSSR count). The fraction of sp³-hybridized carbons (Fsp3) is 1.00. The van der Waals surface area contributed by atoms with Gasteiger partial charge in [-0.1, -0.05) is 24.4 Å². The number of rotatable bonds is 7. The fourth-order valence-electron chi connectivity index (χ4n) is 2.10. The van der Waals surface area contributed by atoms with Crippen molar-refractivity contribution in [1.29, 1.82) is 0 Å². The highest BCUT2D eigenvalue weighted by Crippen LogP contribution is 2.10. The average Bonchev–Trinajstić information content (AvgIpc) is 2.29. The highest BCUT2D eigenvalue weighted by atomic mass is 15.1. The van der Waals surface area contributed by atoms with E-state index in [0.717, 1.165) is 6.42 Å². The molecule has 86 valence electrons. The average molecular weight is 210 g/mol. The fourth-order valence-corrected chi connectivity index (χ4v) is 2.10. The van der Waals surface area contributed by atoms with Crippen LogP contribution in [0.25, 0.3) is 10.4 Å². The minimum atomic E-state index is 0.667. The van der Waals surface area contributed by atoms with Gasteiger partial charge >= 0.3 is 0 Å². The third-order valence-corrected chi connectivity index (χ3v) is 2.99. The Balaban J connectivity index is 1.85. The molecule has 1 aliphatic heterocycles. The molecule has 0 aromatic carbocycles. The smallest absolute Gasteiger partial charge is 0.0257 e. The lowest BCUT2D eigenvalue weighted by molar-refractivity contribution is 0.224. The molecule has 4 nitrogen and oxygen atoms in total. The van der Waals surface area contributed by atoms with E-state index in [9.17, 15) is 0 Å². The first-order valence-corrected chi connectivity index (χ1v) is 6.16. The standard InChI is InChI=1S/C11H22N4/c12-14-13-8-4-1-2-5-9-15-10-6-3-7-11-15/h1-11H2. The van der Waals surface area contributed by atoms with Gasteiger partial charge in [-0.15, -0.1) is 0 Å². The van der Waals surface area contributed by atoms with Gasteiger partial charge in [0.15, 0.2) is 0 Å². The monoisotopic (exact) mass is 210 g/mol. The van der Waals surface area contributed by atoms with E-state index in [1.807, 2.05) is 0 Å². The van der Waals surface area contributed by atoms with Crippen LogP contribution in [-0.2, 0) is 0 Å². The summed E-state index contributed by atoms with van der Waals surface area (Å²) in [7, 11) is 0. The summed E-state index contributed by atoms with van der Waals surface area (Å²) >= 11 is 0. The highest BCUT2D eigenvalue weighted by molar-refractivity contribution is 4.64. The van der Waals surface area contributed by atoms with Crippen LogP contribution in [0, 0.1) is 0 Å². The van der Waals surface area contributed by atoms with Gasteiger partial charge in [-0.3, -0.25) is 0 Å². The van der Waals surface area contributed by atoms with Crippen LogP contribution < -0.4 is 0 Å². The molecule has 1 saturated heterocycles. The number of nitrogens with zero attached hydrogens (tertiary/aromatic N) is 4. The van der Waals surface area contributed by atoms with Crippen LogP contribution in [0.3, 0.4) is 0 Å². The predicted molar refractivity (Wildman–Crippen MR) is 62.8 cm³/mol. The maximum Gasteiger partial charge on any atom is 0.0257 e. The Morgan fingerprint density at radius 3 is 2.47 bits per heavy atom. The molecule has 0 saturated carbocycles. The molecule has 1 fully saturated rings. The van der Waals surface area contributed by atoms with Gasteiger partial charge in [-0.05, 0) is 50.8 Å². The number of unbranched alkanes of at least 4 members (excludes halogenated alkanes) is 3. The first-order valence-electron chi connectivity index (χ1n) is 6.16. The minimum Gasteiger partial charge on any atom is -0.303 e. The van der Waals surface area contributed by atoms with Gasteiger partial charge in [0.05, 0.1) is 0 Å². The first-order chi connectivity index (χ1) is 7.43. The molecule has 0 atom stereocenters. The van der Waals surface area contributed by atoms with E-state index in [4.69, 9.17) is 5.53 Å². The molecule has 4 heteroatoms. The van der Waals surface area contributed by atoms with Crippen molar-refractivity contribution in [3.05, 3.63) is 10.4 Å². The van der Waals surface area contributed by atoms with Gasteiger partial charge < -0.3 is 4.90 Å². The van der Waals surface area contributed by atoms with E-state index >= 15 is 0 Å². The van der Waals surface area contributed by atoms with Crippen LogP contribution in [0.2, 0.25) is 0 Å². The largest absolute Gasteiger partial charge is 0.303 e. The van der Waals surface area contributed by atoms with Crippen LogP contribution in [0.15, 0.2) is 5.11 Å². The maximum absolute atomic E-state index is 8.09. The van der Waals surface area contributed by atoms with E-state index < -0.39 is 0 Å². The molecule has 0 aromatic rings. The molecular formula is C11H22N4. The van der Waals surface area contributed by atoms with Gasteiger partial charge in [0.25, 0.3) is 0 Å². The van der Waals surface area contributed by atoms with Gasteiger partial charge in [-0.25, -0.2) is 0 Å². The van der Waals surface area contributed by atoms with Crippen LogP contribution in [0.5, 0.6) is 0 Å². The topological polar surface area (TPSA) is 52.0 Å². The summed E-state index contributed by atoms with van der Waals surface area (Å²) < 4.78 is 0. The lowest BCUT2D eigenvalue weighted by atomic mass is 10.1. The van der Waals surface area contributed by atoms with E-state index in [1.54, 1.807) is 0 Å². The van der Waals surface area contributed by atoms with E-state index in [0.29, 0.717) is 6.54 Å². The number of hydrogen-bond acceptors (Lipinski definition) is 2. The van der Waals surface area contributed by atoms with Crippen molar-refractivity contribution in [2.75, 3.05) is 26.2 Å². The zero-order valence-corrected chi connectivity index (χ0v) is 9.57. The van der Waals surface area contributed by atoms with E-state index in [-0.39, 0.29) is 0 Å². The van der Waals surface area contributed by atoms with Crippen LogP contribution >= 0.6 is 0 Å². The van der Waals surface area contributed by atoms with Crippen LogP contribution in [0.4, 0.5) is 0 Å². The third kappa shape index (κ3) is 6.37. The van der Waals surface area contributed by atoms with Crippen molar-refractivity contribution in [2.45, 2.75) is 44.9 Å². The lowest BCUT2D eigenvalue weighted by Gasteiger charge is -2.26. The summed E-state index contributed by atoms with van der Waals surface area (Å²) in [6, 6.07) is 0. The molecule has 0 unspecified atom stereocenters. The van der Waals surface area contributed by atoms with Crippen LogP contribution in [0.1, 0.15) is 44.9 Å². The predicted octanol–water partition coefficient (Wildman–Crippen LogP) is 3.34. The summed E-state index contributed by atoms with van der Waals surface area (Å²) in [6.07, 6.45) is 9.01. The Morgan fingerprint density at radius 1 is 1.00 bits per heavy atom. The molecule has 0 amide bonds. The normalized spacial score (nSPS) is 17.3. The second kappa shape index (κ2) is 8.57. The number of azide groups is 1.